The van der Waals surface area contributed by atoms with Gasteiger partial charge in [-0.1, -0.05) is 18.2 Å². The number of amides is 2. The van der Waals surface area contributed by atoms with Crippen molar-refractivity contribution in [1.29, 1.82) is 0 Å². The van der Waals surface area contributed by atoms with E-state index in [-0.39, 0.29) is 36.0 Å². The fourth-order valence-electron chi connectivity index (χ4n) is 4.74. The molecule has 7 nitrogen and oxygen atoms in total. The molecule has 0 radical (unpaired) electrons. The molecule has 7 heteroatoms. The minimum atomic E-state index is -0.0621. The second kappa shape index (κ2) is 11.2. The van der Waals surface area contributed by atoms with E-state index in [0.717, 1.165) is 5.75 Å². The van der Waals surface area contributed by atoms with E-state index in [1.165, 1.54) is 0 Å². The fraction of sp³-hybridized carbons (Fsp3) is 0.444. The van der Waals surface area contributed by atoms with E-state index < -0.39 is 0 Å². The van der Waals surface area contributed by atoms with Gasteiger partial charge in [0.2, 0.25) is 5.91 Å². The third-order valence-corrected chi connectivity index (χ3v) is 6.85. The first-order chi connectivity index (χ1) is 16.5. The van der Waals surface area contributed by atoms with Crippen LogP contribution in [0, 0.1) is 11.8 Å². The molecule has 2 saturated heterocycles. The van der Waals surface area contributed by atoms with Crippen molar-refractivity contribution >= 4 is 17.6 Å². The molecule has 0 N–H and O–H groups in total. The number of rotatable bonds is 7. The number of piperidine rings is 2. The van der Waals surface area contributed by atoms with Gasteiger partial charge in [0.15, 0.2) is 12.4 Å². The first-order valence-corrected chi connectivity index (χ1v) is 12.0. The Bertz CT molecular complexity index is 976. The molecule has 2 fully saturated rings. The molecule has 0 aromatic heterocycles. The number of nitrogens with zero attached hydrogens (tertiary/aromatic N) is 2. The van der Waals surface area contributed by atoms with E-state index >= 15 is 0 Å². The van der Waals surface area contributed by atoms with E-state index in [4.69, 9.17) is 9.47 Å². The third kappa shape index (κ3) is 5.76. The number of likely N-dealkylation sites (tertiary alicyclic amines) is 2. The van der Waals surface area contributed by atoms with Crippen LogP contribution in [0.4, 0.5) is 0 Å². The monoisotopic (exact) mass is 464 g/mol. The number of methoxy groups -OCH3 is 1. The minimum absolute atomic E-state index is 0.0123. The Balaban J connectivity index is 1.20. The van der Waals surface area contributed by atoms with Crippen molar-refractivity contribution in [2.45, 2.75) is 25.7 Å². The number of hydrogen-bond donors (Lipinski definition) is 0. The van der Waals surface area contributed by atoms with Crippen LogP contribution in [0.2, 0.25) is 0 Å². The zero-order chi connectivity index (χ0) is 23.9. The standard InChI is InChI=1S/C27H32N2O5/c1-33-23-9-7-20(8-10-23)26(31)21-11-17-29(18-12-21)27(32)22-13-15-28(16-14-22)25(30)19-34-24-5-3-2-4-6-24/h2-10,21-22H,11-19H2,1H3. The number of ether oxygens (including phenoxy) is 2. The molecular formula is C27H32N2O5. The van der Waals surface area contributed by atoms with Gasteiger partial charge in [0.05, 0.1) is 7.11 Å². The van der Waals surface area contributed by atoms with Gasteiger partial charge in [-0.2, -0.15) is 0 Å². The second-order valence-corrected chi connectivity index (χ2v) is 8.95. The number of carbonyl (C=O) groups excluding carboxylic acids is 3. The van der Waals surface area contributed by atoms with Gasteiger partial charge in [-0.15, -0.1) is 0 Å². The molecular weight excluding hydrogens is 432 g/mol. The van der Waals surface area contributed by atoms with Gasteiger partial charge in [-0.05, 0) is 62.1 Å². The van der Waals surface area contributed by atoms with Crippen LogP contribution in [-0.2, 0) is 9.59 Å². The van der Waals surface area contributed by atoms with Crippen LogP contribution < -0.4 is 9.47 Å². The van der Waals surface area contributed by atoms with E-state index in [2.05, 4.69) is 0 Å². The number of Topliss-reactive ketones (excluding diaryl/α,β-unsaturated/α-hetero) is 1. The van der Waals surface area contributed by atoms with Crippen molar-refractivity contribution < 1.29 is 23.9 Å². The van der Waals surface area contributed by atoms with Gasteiger partial charge >= 0.3 is 0 Å². The first kappa shape index (κ1) is 23.8. The summed E-state index contributed by atoms with van der Waals surface area (Å²) >= 11 is 0. The summed E-state index contributed by atoms with van der Waals surface area (Å²) in [5, 5.41) is 0. The molecule has 2 aliphatic rings. The summed E-state index contributed by atoms with van der Waals surface area (Å²) in [6.07, 6.45) is 2.71. The summed E-state index contributed by atoms with van der Waals surface area (Å²) < 4.78 is 10.7. The van der Waals surface area contributed by atoms with Gasteiger partial charge in [-0.3, -0.25) is 14.4 Å². The maximum Gasteiger partial charge on any atom is 0.260 e. The molecule has 2 aromatic rings. The van der Waals surface area contributed by atoms with Gasteiger partial charge < -0.3 is 19.3 Å². The van der Waals surface area contributed by atoms with Crippen LogP contribution in [0.25, 0.3) is 0 Å². The van der Waals surface area contributed by atoms with Crippen LogP contribution in [0.3, 0.4) is 0 Å². The topological polar surface area (TPSA) is 76.2 Å². The van der Waals surface area contributed by atoms with Crippen LogP contribution in [0.1, 0.15) is 36.0 Å². The lowest BCUT2D eigenvalue weighted by Gasteiger charge is -2.37. The molecule has 0 saturated carbocycles. The highest BCUT2D eigenvalue weighted by Crippen LogP contribution is 2.26. The molecule has 180 valence electrons. The van der Waals surface area contributed by atoms with Crippen molar-refractivity contribution in [2.75, 3.05) is 39.9 Å². The maximum atomic E-state index is 13.1. The largest absolute Gasteiger partial charge is 0.497 e. The van der Waals surface area contributed by atoms with Crippen LogP contribution in [0.5, 0.6) is 11.5 Å². The van der Waals surface area contributed by atoms with Gasteiger partial charge in [0.25, 0.3) is 5.91 Å². The molecule has 4 rings (SSSR count). The third-order valence-electron chi connectivity index (χ3n) is 6.85. The molecule has 34 heavy (non-hydrogen) atoms. The predicted molar refractivity (Wildman–Crippen MR) is 128 cm³/mol. The summed E-state index contributed by atoms with van der Waals surface area (Å²) in [5.41, 5.74) is 0.693. The normalized spacial score (nSPS) is 17.3. The van der Waals surface area contributed by atoms with Gasteiger partial charge in [0, 0.05) is 43.6 Å². The Kier molecular flexibility index (Phi) is 7.83. The van der Waals surface area contributed by atoms with Crippen LogP contribution >= 0.6 is 0 Å². The summed E-state index contributed by atoms with van der Waals surface area (Å²) in [7, 11) is 1.60. The molecule has 0 spiro atoms. The number of para-hydroxylation sites is 1. The Morgan fingerprint density at radius 2 is 1.35 bits per heavy atom. The highest BCUT2D eigenvalue weighted by molar-refractivity contribution is 5.98. The summed E-state index contributed by atoms with van der Waals surface area (Å²) in [6, 6.07) is 16.5. The summed E-state index contributed by atoms with van der Waals surface area (Å²) in [6.45, 7) is 2.36. The van der Waals surface area contributed by atoms with E-state index in [9.17, 15) is 14.4 Å². The van der Waals surface area contributed by atoms with Crippen molar-refractivity contribution in [3.05, 3.63) is 60.2 Å². The highest BCUT2D eigenvalue weighted by atomic mass is 16.5. The molecule has 0 unspecified atom stereocenters. The van der Waals surface area contributed by atoms with Crippen LogP contribution in [-0.4, -0.2) is 67.3 Å². The quantitative estimate of drug-likeness (QED) is 0.587. The zero-order valence-electron chi connectivity index (χ0n) is 19.7. The molecule has 0 aliphatic carbocycles. The number of carbonyl (C=O) groups is 3. The predicted octanol–water partition coefficient (Wildman–Crippen LogP) is 3.43. The molecule has 2 heterocycles. The van der Waals surface area contributed by atoms with Crippen molar-refractivity contribution in [2.24, 2.45) is 11.8 Å². The number of ketones is 1. The Morgan fingerprint density at radius 1 is 0.765 bits per heavy atom. The molecule has 2 aromatic carbocycles. The molecule has 0 bridgehead atoms. The first-order valence-electron chi connectivity index (χ1n) is 12.0. The summed E-state index contributed by atoms with van der Waals surface area (Å²) in [5.74, 6) is 1.53. The van der Waals surface area contributed by atoms with Crippen LogP contribution in [0.15, 0.2) is 54.6 Å². The molecule has 2 amide bonds. The Morgan fingerprint density at radius 3 is 1.97 bits per heavy atom. The number of hydrogen-bond acceptors (Lipinski definition) is 5. The SMILES string of the molecule is COc1ccc(C(=O)C2CCN(C(=O)C3CCN(C(=O)COc4ccccc4)CC3)CC2)cc1. The van der Waals surface area contributed by atoms with Gasteiger partial charge in [-0.25, -0.2) is 0 Å². The Labute approximate surface area is 200 Å². The Hall–Kier alpha value is -3.35. The number of benzene rings is 2. The smallest absolute Gasteiger partial charge is 0.260 e. The lowest BCUT2D eigenvalue weighted by Crippen LogP contribution is -2.47. The minimum Gasteiger partial charge on any atom is -0.497 e. The van der Waals surface area contributed by atoms with Crippen molar-refractivity contribution in [1.82, 2.24) is 9.80 Å². The molecule has 2 aliphatic heterocycles. The summed E-state index contributed by atoms with van der Waals surface area (Å²) in [4.78, 5) is 42.0. The van der Waals surface area contributed by atoms with E-state index in [0.29, 0.717) is 63.2 Å². The van der Waals surface area contributed by atoms with Crippen molar-refractivity contribution in [3.8, 4) is 11.5 Å². The average Bonchev–Trinajstić information content (AvgIpc) is 2.91. The fourth-order valence-corrected chi connectivity index (χ4v) is 4.74. The second-order valence-electron chi connectivity index (χ2n) is 8.95. The zero-order valence-corrected chi connectivity index (χ0v) is 19.7. The lowest BCUT2D eigenvalue weighted by atomic mass is 9.87. The average molecular weight is 465 g/mol. The lowest BCUT2D eigenvalue weighted by molar-refractivity contribution is -0.142. The van der Waals surface area contributed by atoms with E-state index in [1.807, 2.05) is 35.2 Å². The van der Waals surface area contributed by atoms with Crippen molar-refractivity contribution in [3.63, 3.8) is 0 Å². The molecule has 0 atom stereocenters. The maximum absolute atomic E-state index is 13.1. The highest BCUT2D eigenvalue weighted by Gasteiger charge is 2.33. The van der Waals surface area contributed by atoms with Gasteiger partial charge in [0.1, 0.15) is 11.5 Å². The van der Waals surface area contributed by atoms with E-state index in [1.54, 1.807) is 36.3 Å².